The molecule has 78 valence electrons. The van der Waals surface area contributed by atoms with Gasteiger partial charge in [-0.2, -0.15) is 0 Å². The Morgan fingerprint density at radius 2 is 2.40 bits per heavy atom. The summed E-state index contributed by atoms with van der Waals surface area (Å²) >= 11 is 0. The Morgan fingerprint density at radius 3 is 3.00 bits per heavy atom. The fraction of sp³-hybridized carbons (Fsp3) is 0.273. The zero-order valence-electron chi connectivity index (χ0n) is 8.58. The van der Waals surface area contributed by atoms with Gasteiger partial charge in [-0.15, -0.1) is 6.42 Å². The monoisotopic (exact) mass is 203 g/mol. The van der Waals surface area contributed by atoms with Crippen molar-refractivity contribution < 1.29 is 4.79 Å². The van der Waals surface area contributed by atoms with Gasteiger partial charge >= 0.3 is 0 Å². The van der Waals surface area contributed by atoms with Crippen molar-refractivity contribution in [1.29, 1.82) is 0 Å². The number of hydrogen-bond acceptors (Lipinski definition) is 3. The van der Waals surface area contributed by atoms with Crippen molar-refractivity contribution in [1.82, 2.24) is 10.3 Å². The van der Waals surface area contributed by atoms with Crippen LogP contribution in [-0.4, -0.2) is 24.0 Å². The van der Waals surface area contributed by atoms with E-state index in [1.165, 1.54) is 0 Å². The topological polar surface area (TPSA) is 54.0 Å². The number of anilines is 1. The summed E-state index contributed by atoms with van der Waals surface area (Å²) in [6, 6.07) is 3.64. The largest absolute Gasteiger partial charge is 0.310 e. The first kappa shape index (κ1) is 11.2. The van der Waals surface area contributed by atoms with Gasteiger partial charge in [0.15, 0.2) is 0 Å². The van der Waals surface area contributed by atoms with Gasteiger partial charge in [0.1, 0.15) is 5.82 Å². The van der Waals surface area contributed by atoms with Crippen molar-refractivity contribution in [3.8, 4) is 12.3 Å². The Balaban J connectivity index is 2.38. The Bertz CT molecular complexity index is 364. The highest BCUT2D eigenvalue weighted by Gasteiger charge is 2.01. The second-order valence-corrected chi connectivity index (χ2v) is 3.08. The maximum Gasteiger partial charge on any atom is 0.239 e. The summed E-state index contributed by atoms with van der Waals surface area (Å²) in [6.45, 7) is 2.52. The second kappa shape index (κ2) is 5.78. The van der Waals surface area contributed by atoms with E-state index in [1.54, 1.807) is 12.3 Å². The molecule has 0 aliphatic carbocycles. The Hall–Kier alpha value is -1.86. The molecule has 0 fully saturated rings. The minimum atomic E-state index is -0.151. The fourth-order valence-electron chi connectivity index (χ4n) is 0.977. The third-order valence-electron chi connectivity index (χ3n) is 1.69. The highest BCUT2D eigenvalue weighted by atomic mass is 16.1. The van der Waals surface area contributed by atoms with Crippen molar-refractivity contribution in [3.63, 3.8) is 0 Å². The predicted molar refractivity (Wildman–Crippen MR) is 59.3 cm³/mol. The molecule has 0 unspecified atom stereocenters. The first-order valence-electron chi connectivity index (χ1n) is 4.59. The van der Waals surface area contributed by atoms with Gasteiger partial charge in [-0.25, -0.2) is 4.98 Å². The SMILES string of the molecule is C#CCNCC(=O)Nc1ccc(C)cn1. The van der Waals surface area contributed by atoms with Crippen LogP contribution in [-0.2, 0) is 4.79 Å². The summed E-state index contributed by atoms with van der Waals surface area (Å²) < 4.78 is 0. The molecule has 1 aromatic rings. The molecule has 4 heteroatoms. The quantitative estimate of drug-likeness (QED) is 0.555. The number of terminal acetylenes is 1. The summed E-state index contributed by atoms with van der Waals surface area (Å²) in [5.41, 5.74) is 1.05. The van der Waals surface area contributed by atoms with Crippen LogP contribution in [0.4, 0.5) is 5.82 Å². The lowest BCUT2D eigenvalue weighted by molar-refractivity contribution is -0.115. The molecule has 0 aliphatic heterocycles. The number of carbonyl (C=O) groups is 1. The van der Waals surface area contributed by atoms with Crippen molar-refractivity contribution in [3.05, 3.63) is 23.9 Å². The second-order valence-electron chi connectivity index (χ2n) is 3.08. The lowest BCUT2D eigenvalue weighted by Gasteiger charge is -2.04. The molecular formula is C11H13N3O. The number of amides is 1. The van der Waals surface area contributed by atoms with E-state index in [0.717, 1.165) is 5.56 Å². The molecule has 0 aromatic carbocycles. The molecule has 0 atom stereocenters. The predicted octanol–water partition coefficient (Wildman–Crippen LogP) is 0.551. The van der Waals surface area contributed by atoms with Gasteiger partial charge in [0.25, 0.3) is 0 Å². The normalized spacial score (nSPS) is 9.33. The highest BCUT2D eigenvalue weighted by Crippen LogP contribution is 2.02. The fourth-order valence-corrected chi connectivity index (χ4v) is 0.977. The standard InChI is InChI=1S/C11H13N3O/c1-3-6-12-8-11(15)14-10-5-4-9(2)7-13-10/h1,4-5,7,12H,6,8H2,2H3,(H,13,14,15). The molecule has 0 saturated heterocycles. The molecule has 0 bridgehead atoms. The van der Waals surface area contributed by atoms with E-state index in [4.69, 9.17) is 6.42 Å². The third-order valence-corrected chi connectivity index (χ3v) is 1.69. The molecule has 0 spiro atoms. The van der Waals surface area contributed by atoms with Gasteiger partial charge in [-0.05, 0) is 18.6 Å². The summed E-state index contributed by atoms with van der Waals surface area (Å²) in [5, 5.41) is 5.44. The number of nitrogens with one attached hydrogen (secondary N) is 2. The van der Waals surface area contributed by atoms with Crippen molar-refractivity contribution in [2.45, 2.75) is 6.92 Å². The smallest absolute Gasteiger partial charge is 0.239 e. The van der Waals surface area contributed by atoms with Gasteiger partial charge in [0, 0.05) is 6.20 Å². The first-order chi connectivity index (χ1) is 7.22. The van der Waals surface area contributed by atoms with Crippen molar-refractivity contribution in [2.75, 3.05) is 18.4 Å². The Kier molecular flexibility index (Phi) is 4.32. The summed E-state index contributed by atoms with van der Waals surface area (Å²) in [6.07, 6.45) is 6.73. The summed E-state index contributed by atoms with van der Waals surface area (Å²) in [5.74, 6) is 2.79. The lowest BCUT2D eigenvalue weighted by Crippen LogP contribution is -2.28. The van der Waals surface area contributed by atoms with Crippen LogP contribution in [0.25, 0.3) is 0 Å². The number of hydrogen-bond donors (Lipinski definition) is 2. The first-order valence-corrected chi connectivity index (χ1v) is 4.59. The van der Waals surface area contributed by atoms with Gasteiger partial charge < -0.3 is 5.32 Å². The molecule has 4 nitrogen and oxygen atoms in total. The minimum Gasteiger partial charge on any atom is -0.310 e. The van der Waals surface area contributed by atoms with Crippen LogP contribution in [0.15, 0.2) is 18.3 Å². The zero-order chi connectivity index (χ0) is 11.1. The molecule has 0 saturated carbocycles. The number of aryl methyl sites for hydroxylation is 1. The van der Waals surface area contributed by atoms with E-state index in [9.17, 15) is 4.79 Å². The maximum atomic E-state index is 11.3. The van der Waals surface area contributed by atoms with Gasteiger partial charge in [0.05, 0.1) is 13.1 Å². The molecule has 2 N–H and O–H groups in total. The van der Waals surface area contributed by atoms with Crippen LogP contribution < -0.4 is 10.6 Å². The Morgan fingerprint density at radius 1 is 1.60 bits per heavy atom. The summed E-state index contributed by atoms with van der Waals surface area (Å²) in [7, 11) is 0. The van der Waals surface area contributed by atoms with Crippen LogP contribution >= 0.6 is 0 Å². The van der Waals surface area contributed by atoms with E-state index >= 15 is 0 Å². The third kappa shape index (κ3) is 4.25. The molecule has 0 aliphatic rings. The van der Waals surface area contributed by atoms with Crippen LogP contribution in [0, 0.1) is 19.3 Å². The van der Waals surface area contributed by atoms with E-state index in [2.05, 4.69) is 21.5 Å². The maximum absolute atomic E-state index is 11.3. The van der Waals surface area contributed by atoms with Gasteiger partial charge in [-0.1, -0.05) is 12.0 Å². The lowest BCUT2D eigenvalue weighted by atomic mass is 10.3. The number of rotatable bonds is 4. The molecule has 0 radical (unpaired) electrons. The number of pyridine rings is 1. The van der Waals surface area contributed by atoms with Crippen LogP contribution in [0.3, 0.4) is 0 Å². The molecule has 15 heavy (non-hydrogen) atoms. The van der Waals surface area contributed by atoms with E-state index in [-0.39, 0.29) is 12.5 Å². The van der Waals surface area contributed by atoms with Crippen LogP contribution in [0.1, 0.15) is 5.56 Å². The average Bonchev–Trinajstić information content (AvgIpc) is 2.22. The van der Waals surface area contributed by atoms with Gasteiger partial charge in [-0.3, -0.25) is 10.1 Å². The van der Waals surface area contributed by atoms with Crippen LogP contribution in [0.2, 0.25) is 0 Å². The molecule has 1 aromatic heterocycles. The minimum absolute atomic E-state index is 0.151. The molecule has 1 heterocycles. The van der Waals surface area contributed by atoms with E-state index in [1.807, 2.05) is 13.0 Å². The van der Waals surface area contributed by atoms with Crippen molar-refractivity contribution in [2.24, 2.45) is 0 Å². The molecule has 1 rings (SSSR count). The van der Waals surface area contributed by atoms with E-state index < -0.39 is 0 Å². The number of nitrogens with zero attached hydrogens (tertiary/aromatic N) is 1. The number of aromatic nitrogens is 1. The van der Waals surface area contributed by atoms with Crippen LogP contribution in [0.5, 0.6) is 0 Å². The van der Waals surface area contributed by atoms with Gasteiger partial charge in [0.2, 0.25) is 5.91 Å². The zero-order valence-corrected chi connectivity index (χ0v) is 8.58. The van der Waals surface area contributed by atoms with E-state index in [0.29, 0.717) is 12.4 Å². The highest BCUT2D eigenvalue weighted by molar-refractivity contribution is 5.91. The number of carbonyl (C=O) groups excluding carboxylic acids is 1. The molecule has 1 amide bonds. The van der Waals surface area contributed by atoms with Crippen molar-refractivity contribution >= 4 is 11.7 Å². The molecular weight excluding hydrogens is 190 g/mol. The summed E-state index contributed by atoms with van der Waals surface area (Å²) in [4.78, 5) is 15.3. The Labute approximate surface area is 89.1 Å². The average molecular weight is 203 g/mol.